The number of hydrogen-bond acceptors (Lipinski definition) is 2. The Balaban J connectivity index is 1.74. The Hall–Kier alpha value is -2.06. The van der Waals surface area contributed by atoms with Gasteiger partial charge in [0.15, 0.2) is 0 Å². The number of benzene rings is 2. The number of anilines is 1. The third kappa shape index (κ3) is 3.34. The summed E-state index contributed by atoms with van der Waals surface area (Å²) in [5.74, 6) is 0.489. The highest BCUT2D eigenvalue weighted by Gasteiger charge is 2.08. The lowest BCUT2D eigenvalue weighted by Gasteiger charge is -2.16. The molecule has 0 aliphatic rings. The lowest BCUT2D eigenvalue weighted by atomic mass is 10.0. The quantitative estimate of drug-likeness (QED) is 0.642. The molecule has 0 amide bonds. The van der Waals surface area contributed by atoms with E-state index in [9.17, 15) is 0 Å². The molecule has 0 bridgehead atoms. The van der Waals surface area contributed by atoms with Gasteiger partial charge in [-0.15, -0.1) is 11.3 Å². The van der Waals surface area contributed by atoms with Crippen LogP contribution in [0.4, 0.5) is 5.69 Å². The summed E-state index contributed by atoms with van der Waals surface area (Å²) in [4.78, 5) is 1.31. The van der Waals surface area contributed by atoms with Gasteiger partial charge in [0.25, 0.3) is 0 Å². The predicted octanol–water partition coefficient (Wildman–Crippen LogP) is 5.63. The molecule has 1 N–H and O–H groups in total. The fourth-order valence-electron chi connectivity index (χ4n) is 2.45. The molecule has 0 aliphatic carbocycles. The summed E-state index contributed by atoms with van der Waals surface area (Å²) in [7, 11) is 0. The Morgan fingerprint density at radius 3 is 2.43 bits per heavy atom. The van der Waals surface area contributed by atoms with E-state index >= 15 is 0 Å². The topological polar surface area (TPSA) is 12.0 Å². The van der Waals surface area contributed by atoms with Gasteiger partial charge in [-0.05, 0) is 29.0 Å². The second kappa shape index (κ2) is 6.59. The van der Waals surface area contributed by atoms with Crippen molar-refractivity contribution >= 4 is 17.0 Å². The molecule has 0 saturated heterocycles. The standard InChI is InChI=1S/C19H19NS/c1-15(16-8-3-2-4-9-16)14-20-18-11-6-5-10-17(18)19-12-7-13-21-19/h2-13,15,20H,14H2,1H3. The van der Waals surface area contributed by atoms with Crippen molar-refractivity contribution < 1.29 is 0 Å². The molecule has 0 aliphatic heterocycles. The second-order valence-corrected chi connectivity index (χ2v) is 6.16. The van der Waals surface area contributed by atoms with Crippen molar-refractivity contribution in [3.8, 4) is 10.4 Å². The fourth-order valence-corrected chi connectivity index (χ4v) is 3.21. The summed E-state index contributed by atoms with van der Waals surface area (Å²) in [6.07, 6.45) is 0. The Kier molecular flexibility index (Phi) is 4.37. The van der Waals surface area contributed by atoms with Gasteiger partial charge in [-0.25, -0.2) is 0 Å². The second-order valence-electron chi connectivity index (χ2n) is 5.22. The molecular formula is C19H19NS. The molecule has 1 nitrogen and oxygen atoms in total. The third-order valence-electron chi connectivity index (χ3n) is 3.68. The Bertz CT molecular complexity index is 674. The van der Waals surface area contributed by atoms with Crippen LogP contribution in [0, 0.1) is 0 Å². The molecule has 106 valence electrons. The van der Waals surface area contributed by atoms with Crippen LogP contribution in [-0.4, -0.2) is 6.54 Å². The van der Waals surface area contributed by atoms with Gasteiger partial charge in [-0.3, -0.25) is 0 Å². The average Bonchev–Trinajstić information content (AvgIpc) is 3.08. The van der Waals surface area contributed by atoms with Gasteiger partial charge >= 0.3 is 0 Å². The summed E-state index contributed by atoms with van der Waals surface area (Å²) in [5.41, 5.74) is 3.87. The summed E-state index contributed by atoms with van der Waals surface area (Å²) >= 11 is 1.78. The highest BCUT2D eigenvalue weighted by atomic mass is 32.1. The van der Waals surface area contributed by atoms with Crippen LogP contribution < -0.4 is 5.32 Å². The summed E-state index contributed by atoms with van der Waals surface area (Å²) in [6, 6.07) is 23.5. The molecular weight excluding hydrogens is 274 g/mol. The summed E-state index contributed by atoms with van der Waals surface area (Å²) < 4.78 is 0. The van der Waals surface area contributed by atoms with Crippen molar-refractivity contribution in [3.05, 3.63) is 77.7 Å². The van der Waals surface area contributed by atoms with E-state index in [2.05, 4.69) is 84.4 Å². The van der Waals surface area contributed by atoms with Gasteiger partial charge in [-0.2, -0.15) is 0 Å². The first kappa shape index (κ1) is 13.9. The molecule has 2 heteroatoms. The van der Waals surface area contributed by atoms with Crippen LogP contribution in [0.2, 0.25) is 0 Å². The highest BCUT2D eigenvalue weighted by molar-refractivity contribution is 7.13. The first-order chi connectivity index (χ1) is 10.3. The van der Waals surface area contributed by atoms with Crippen LogP contribution in [0.25, 0.3) is 10.4 Å². The molecule has 1 atom stereocenters. The van der Waals surface area contributed by atoms with Crippen LogP contribution in [0.1, 0.15) is 18.4 Å². The minimum absolute atomic E-state index is 0.489. The number of hydrogen-bond donors (Lipinski definition) is 1. The van der Waals surface area contributed by atoms with Crippen molar-refractivity contribution in [2.24, 2.45) is 0 Å². The lowest BCUT2D eigenvalue weighted by Crippen LogP contribution is -2.10. The van der Waals surface area contributed by atoms with Gasteiger partial charge in [0.2, 0.25) is 0 Å². The zero-order valence-corrected chi connectivity index (χ0v) is 12.9. The number of nitrogens with one attached hydrogen (secondary N) is 1. The van der Waals surface area contributed by atoms with E-state index in [1.165, 1.54) is 21.7 Å². The van der Waals surface area contributed by atoms with Crippen LogP contribution in [0.15, 0.2) is 72.1 Å². The Morgan fingerprint density at radius 1 is 0.905 bits per heavy atom. The van der Waals surface area contributed by atoms with Crippen LogP contribution in [0.5, 0.6) is 0 Å². The van der Waals surface area contributed by atoms with E-state index in [4.69, 9.17) is 0 Å². The van der Waals surface area contributed by atoms with Gasteiger partial charge in [0.1, 0.15) is 0 Å². The van der Waals surface area contributed by atoms with Crippen molar-refractivity contribution in [1.82, 2.24) is 0 Å². The van der Waals surface area contributed by atoms with E-state index < -0.39 is 0 Å². The molecule has 3 rings (SSSR count). The first-order valence-electron chi connectivity index (χ1n) is 7.26. The molecule has 2 aromatic carbocycles. The molecule has 0 spiro atoms. The average molecular weight is 293 g/mol. The van der Waals surface area contributed by atoms with E-state index in [1.54, 1.807) is 11.3 Å². The summed E-state index contributed by atoms with van der Waals surface area (Å²) in [6.45, 7) is 3.20. The minimum atomic E-state index is 0.489. The first-order valence-corrected chi connectivity index (χ1v) is 8.14. The number of rotatable bonds is 5. The van der Waals surface area contributed by atoms with E-state index in [1.807, 2.05) is 0 Å². The lowest BCUT2D eigenvalue weighted by molar-refractivity contribution is 0.805. The summed E-state index contributed by atoms with van der Waals surface area (Å²) in [5, 5.41) is 5.73. The van der Waals surface area contributed by atoms with E-state index in [-0.39, 0.29) is 0 Å². The number of para-hydroxylation sites is 1. The maximum absolute atomic E-state index is 3.61. The molecule has 0 fully saturated rings. The van der Waals surface area contributed by atoms with Crippen LogP contribution in [0.3, 0.4) is 0 Å². The molecule has 1 unspecified atom stereocenters. The van der Waals surface area contributed by atoms with Crippen molar-refractivity contribution in [3.63, 3.8) is 0 Å². The highest BCUT2D eigenvalue weighted by Crippen LogP contribution is 2.31. The smallest absolute Gasteiger partial charge is 0.0428 e. The minimum Gasteiger partial charge on any atom is -0.384 e. The van der Waals surface area contributed by atoms with Crippen LogP contribution in [-0.2, 0) is 0 Å². The van der Waals surface area contributed by atoms with Crippen molar-refractivity contribution in [2.75, 3.05) is 11.9 Å². The fraction of sp³-hybridized carbons (Fsp3) is 0.158. The van der Waals surface area contributed by atoms with Gasteiger partial charge in [0.05, 0.1) is 0 Å². The normalized spacial score (nSPS) is 12.0. The van der Waals surface area contributed by atoms with Gasteiger partial charge in [-0.1, -0.05) is 61.5 Å². The molecule has 3 aromatic rings. The third-order valence-corrected chi connectivity index (χ3v) is 4.58. The van der Waals surface area contributed by atoms with E-state index in [0.717, 1.165) is 6.54 Å². The van der Waals surface area contributed by atoms with Gasteiger partial charge in [0, 0.05) is 22.7 Å². The zero-order valence-electron chi connectivity index (χ0n) is 12.1. The molecule has 1 heterocycles. The zero-order chi connectivity index (χ0) is 14.5. The van der Waals surface area contributed by atoms with Crippen molar-refractivity contribution in [2.45, 2.75) is 12.8 Å². The Morgan fingerprint density at radius 2 is 1.67 bits per heavy atom. The largest absolute Gasteiger partial charge is 0.384 e. The maximum atomic E-state index is 3.61. The SMILES string of the molecule is CC(CNc1ccccc1-c1cccs1)c1ccccc1. The monoisotopic (exact) mass is 293 g/mol. The molecule has 0 saturated carbocycles. The van der Waals surface area contributed by atoms with E-state index in [0.29, 0.717) is 5.92 Å². The Labute approximate surface area is 130 Å². The molecule has 21 heavy (non-hydrogen) atoms. The number of thiophene rings is 1. The van der Waals surface area contributed by atoms with Crippen molar-refractivity contribution in [1.29, 1.82) is 0 Å². The predicted molar refractivity (Wildman–Crippen MR) is 93.1 cm³/mol. The molecule has 1 aromatic heterocycles. The molecule has 0 radical (unpaired) electrons. The van der Waals surface area contributed by atoms with Gasteiger partial charge < -0.3 is 5.32 Å². The maximum Gasteiger partial charge on any atom is 0.0428 e. The van der Waals surface area contributed by atoms with Crippen LogP contribution >= 0.6 is 11.3 Å².